The lowest BCUT2D eigenvalue weighted by Gasteiger charge is -2.36. The number of thiazole rings is 1. The van der Waals surface area contributed by atoms with E-state index in [9.17, 15) is 14.4 Å². The molecular formula is C25H29ClN6O3S. The van der Waals surface area contributed by atoms with Crippen LogP contribution in [0.4, 0.5) is 0 Å². The minimum atomic E-state index is -0.403. The van der Waals surface area contributed by atoms with E-state index in [1.807, 2.05) is 6.07 Å². The van der Waals surface area contributed by atoms with Crippen LogP contribution in [-0.2, 0) is 17.8 Å². The molecular weight excluding hydrogens is 500 g/mol. The van der Waals surface area contributed by atoms with Gasteiger partial charge >= 0.3 is 0 Å². The molecule has 4 N–H and O–H groups in total. The molecule has 2 aromatic heterocycles. The quantitative estimate of drug-likeness (QED) is 0.406. The zero-order valence-corrected chi connectivity index (χ0v) is 21.8. The summed E-state index contributed by atoms with van der Waals surface area (Å²) in [6.45, 7) is 1.71. The largest absolute Gasteiger partial charge is 0.359 e. The number of carbonyl (C=O) groups excluding carboxylic acids is 3. The van der Waals surface area contributed by atoms with E-state index >= 15 is 0 Å². The Morgan fingerprint density at radius 3 is 2.75 bits per heavy atom. The summed E-state index contributed by atoms with van der Waals surface area (Å²) < 4.78 is 0. The van der Waals surface area contributed by atoms with Crippen molar-refractivity contribution < 1.29 is 14.4 Å². The summed E-state index contributed by atoms with van der Waals surface area (Å²) in [6, 6.07) is 6.43. The molecule has 0 bridgehead atoms. The molecule has 1 aliphatic carbocycles. The zero-order valence-electron chi connectivity index (χ0n) is 20.2. The molecule has 36 heavy (non-hydrogen) atoms. The molecule has 1 aliphatic heterocycles. The molecule has 0 spiro atoms. The van der Waals surface area contributed by atoms with Gasteiger partial charge in [0.25, 0.3) is 11.8 Å². The number of aromatic nitrogens is 2. The predicted molar refractivity (Wildman–Crippen MR) is 139 cm³/mol. The van der Waals surface area contributed by atoms with Crippen LogP contribution in [0, 0.1) is 5.92 Å². The lowest BCUT2D eigenvalue weighted by atomic mass is 9.81. The minimum absolute atomic E-state index is 0.0562. The highest BCUT2D eigenvalue weighted by Gasteiger charge is 2.36. The minimum Gasteiger partial charge on any atom is -0.359 e. The van der Waals surface area contributed by atoms with E-state index in [1.165, 1.54) is 11.3 Å². The third-order valence-electron chi connectivity index (χ3n) is 7.04. The topological polar surface area (TPSA) is 119 Å². The highest BCUT2D eigenvalue weighted by Crippen LogP contribution is 2.28. The number of carbonyl (C=O) groups is 3. The first-order valence-electron chi connectivity index (χ1n) is 12.1. The number of fused-ring (bicyclic) bond motifs is 2. The first kappa shape index (κ1) is 24.7. The summed E-state index contributed by atoms with van der Waals surface area (Å²) in [6.07, 6.45) is 2.45. The van der Waals surface area contributed by atoms with Gasteiger partial charge in [0, 0.05) is 59.3 Å². The van der Waals surface area contributed by atoms with Crippen LogP contribution in [0.2, 0.25) is 5.02 Å². The molecule has 3 atom stereocenters. The van der Waals surface area contributed by atoms with Crippen LogP contribution in [0.3, 0.4) is 0 Å². The highest BCUT2D eigenvalue weighted by atomic mass is 35.5. The van der Waals surface area contributed by atoms with E-state index in [1.54, 1.807) is 25.2 Å². The summed E-state index contributed by atoms with van der Waals surface area (Å²) in [5.74, 6) is -0.821. The number of amides is 3. The van der Waals surface area contributed by atoms with Crippen LogP contribution in [-0.4, -0.2) is 65.3 Å². The van der Waals surface area contributed by atoms with Crippen molar-refractivity contribution in [1.29, 1.82) is 0 Å². The van der Waals surface area contributed by atoms with Gasteiger partial charge < -0.3 is 25.8 Å². The number of H-pyrrole nitrogens is 1. The van der Waals surface area contributed by atoms with Crippen molar-refractivity contribution in [1.82, 2.24) is 30.8 Å². The Kier molecular flexibility index (Phi) is 7.00. The number of rotatable bonds is 5. The molecule has 190 valence electrons. The lowest BCUT2D eigenvalue weighted by molar-refractivity contribution is -0.125. The van der Waals surface area contributed by atoms with Crippen LogP contribution in [0.15, 0.2) is 24.3 Å². The Morgan fingerprint density at radius 2 is 1.94 bits per heavy atom. The lowest BCUT2D eigenvalue weighted by Crippen LogP contribution is -2.55. The number of hydrogen-bond donors (Lipinski definition) is 4. The molecule has 1 saturated carbocycles. The Labute approximate surface area is 218 Å². The van der Waals surface area contributed by atoms with Crippen LogP contribution >= 0.6 is 22.9 Å². The molecule has 5 rings (SSSR count). The van der Waals surface area contributed by atoms with Gasteiger partial charge in [-0.3, -0.25) is 14.4 Å². The molecule has 3 heterocycles. The Morgan fingerprint density at radius 1 is 1.14 bits per heavy atom. The number of nitrogens with zero attached hydrogens (tertiary/aromatic N) is 2. The van der Waals surface area contributed by atoms with Gasteiger partial charge in [-0.25, -0.2) is 4.98 Å². The van der Waals surface area contributed by atoms with Crippen molar-refractivity contribution in [3.8, 4) is 0 Å². The van der Waals surface area contributed by atoms with E-state index in [0.717, 1.165) is 41.0 Å². The van der Waals surface area contributed by atoms with E-state index in [0.29, 0.717) is 35.0 Å². The van der Waals surface area contributed by atoms with E-state index < -0.39 is 6.04 Å². The van der Waals surface area contributed by atoms with Gasteiger partial charge in [-0.05, 0) is 50.6 Å². The SMILES string of the molecule is CNC(=O)C1CCC(NC(=O)c2cc3cc(Cl)ccc3[nH]2)C(NC(=O)c2nc3c(s2)CN(C)CC3)C1. The second kappa shape index (κ2) is 10.2. The number of likely N-dealkylation sites (N-methyl/N-ethyl adjacent to an activating group) is 1. The maximum atomic E-state index is 13.2. The molecule has 0 saturated heterocycles. The van der Waals surface area contributed by atoms with Crippen molar-refractivity contribution >= 4 is 51.6 Å². The molecule has 3 amide bonds. The Bertz CT molecular complexity index is 1320. The first-order valence-corrected chi connectivity index (χ1v) is 13.3. The van der Waals surface area contributed by atoms with Gasteiger partial charge in [0.05, 0.1) is 11.7 Å². The van der Waals surface area contributed by atoms with Crippen molar-refractivity contribution in [3.63, 3.8) is 0 Å². The average Bonchev–Trinajstić information content (AvgIpc) is 3.48. The normalized spacial score (nSPS) is 22.1. The smallest absolute Gasteiger partial charge is 0.280 e. The molecule has 2 aliphatic rings. The number of halogens is 1. The first-order chi connectivity index (χ1) is 17.3. The second-order valence-electron chi connectivity index (χ2n) is 9.58. The summed E-state index contributed by atoms with van der Waals surface area (Å²) in [4.78, 5) is 49.7. The standard InChI is InChI=1S/C25H29ClN6O3S/c1-27-22(33)13-3-5-17(29-23(34)20-11-14-9-15(26)4-6-16(14)28-20)19(10-13)30-24(35)25-31-18-7-8-32(2)12-21(18)36-25/h4,6,9,11,13,17,19,28H,3,5,7-8,10,12H2,1-2H3,(H,27,33)(H,29,34)(H,30,35). The number of nitrogens with one attached hydrogen (secondary N) is 4. The van der Waals surface area contributed by atoms with Gasteiger partial charge in [-0.1, -0.05) is 11.6 Å². The Balaban J connectivity index is 1.33. The summed E-state index contributed by atoms with van der Waals surface area (Å²) in [7, 11) is 3.67. The van der Waals surface area contributed by atoms with Crippen LogP contribution in [0.1, 0.15) is 50.1 Å². The molecule has 9 nitrogen and oxygen atoms in total. The molecule has 3 aromatic rings. The van der Waals surface area contributed by atoms with Crippen molar-refractivity contribution in [2.45, 2.75) is 44.3 Å². The third kappa shape index (κ3) is 5.11. The number of hydrogen-bond acceptors (Lipinski definition) is 6. The molecule has 1 aromatic carbocycles. The summed E-state index contributed by atoms with van der Waals surface area (Å²) in [5, 5.41) is 10.7. The van der Waals surface area contributed by atoms with Crippen LogP contribution in [0.5, 0.6) is 0 Å². The molecule has 0 radical (unpaired) electrons. The van der Waals surface area contributed by atoms with E-state index in [4.69, 9.17) is 11.6 Å². The van der Waals surface area contributed by atoms with Crippen molar-refractivity contribution in [2.24, 2.45) is 5.92 Å². The summed E-state index contributed by atoms with van der Waals surface area (Å²) >= 11 is 7.49. The molecule has 1 fully saturated rings. The Hall–Kier alpha value is -2.95. The highest BCUT2D eigenvalue weighted by molar-refractivity contribution is 7.13. The maximum absolute atomic E-state index is 13.2. The fourth-order valence-corrected chi connectivity index (χ4v) is 6.34. The van der Waals surface area contributed by atoms with Crippen LogP contribution < -0.4 is 16.0 Å². The van der Waals surface area contributed by atoms with Crippen molar-refractivity contribution in [3.05, 3.63) is 50.6 Å². The fraction of sp³-hybridized carbons (Fsp3) is 0.440. The monoisotopic (exact) mass is 528 g/mol. The number of benzene rings is 1. The van der Waals surface area contributed by atoms with E-state index in [2.05, 4.69) is 37.9 Å². The number of aromatic amines is 1. The van der Waals surface area contributed by atoms with Gasteiger partial charge in [-0.2, -0.15) is 0 Å². The van der Waals surface area contributed by atoms with Crippen LogP contribution in [0.25, 0.3) is 10.9 Å². The van der Waals surface area contributed by atoms with Crippen molar-refractivity contribution in [2.75, 3.05) is 20.6 Å². The molecule has 11 heteroatoms. The fourth-order valence-electron chi connectivity index (χ4n) is 5.07. The molecule has 3 unspecified atom stereocenters. The zero-order chi connectivity index (χ0) is 25.4. The average molecular weight is 529 g/mol. The second-order valence-corrected chi connectivity index (χ2v) is 11.1. The third-order valence-corrected chi connectivity index (χ3v) is 8.36. The van der Waals surface area contributed by atoms with E-state index in [-0.39, 0.29) is 29.7 Å². The summed E-state index contributed by atoms with van der Waals surface area (Å²) in [5.41, 5.74) is 2.22. The van der Waals surface area contributed by atoms with Gasteiger partial charge in [0.1, 0.15) is 5.69 Å². The maximum Gasteiger partial charge on any atom is 0.280 e. The van der Waals surface area contributed by atoms with Gasteiger partial charge in [0.15, 0.2) is 5.01 Å². The predicted octanol–water partition coefficient (Wildman–Crippen LogP) is 2.71. The van der Waals surface area contributed by atoms with Gasteiger partial charge in [0.2, 0.25) is 5.91 Å². The van der Waals surface area contributed by atoms with Gasteiger partial charge in [-0.15, -0.1) is 11.3 Å².